The minimum atomic E-state index is -0.286. The van der Waals surface area contributed by atoms with Gasteiger partial charge in [-0.3, -0.25) is 4.79 Å². The third-order valence-electron chi connectivity index (χ3n) is 3.08. The van der Waals surface area contributed by atoms with E-state index < -0.39 is 0 Å². The highest BCUT2D eigenvalue weighted by atomic mass is 32.1. The van der Waals surface area contributed by atoms with E-state index >= 15 is 0 Å². The second-order valence-electron chi connectivity index (χ2n) is 4.23. The van der Waals surface area contributed by atoms with Gasteiger partial charge in [0.05, 0.1) is 5.41 Å². The van der Waals surface area contributed by atoms with E-state index in [0.717, 1.165) is 17.7 Å². The van der Waals surface area contributed by atoms with Crippen LogP contribution in [0.25, 0.3) is 0 Å². The minimum absolute atomic E-state index is 0.0682. The van der Waals surface area contributed by atoms with Crippen LogP contribution >= 0.6 is 11.3 Å². The molecule has 1 fully saturated rings. The van der Waals surface area contributed by atoms with Crippen molar-refractivity contribution in [3.05, 3.63) is 46.8 Å². The summed E-state index contributed by atoms with van der Waals surface area (Å²) in [5.74, 6) is 0.694. The number of nitrogens with zero attached hydrogens (tertiary/aromatic N) is 1. The molecule has 86 valence electrons. The third-order valence-corrected chi connectivity index (χ3v) is 4.16. The van der Waals surface area contributed by atoms with Gasteiger partial charge >= 0.3 is 0 Å². The molecule has 3 nitrogen and oxygen atoms in total. The van der Waals surface area contributed by atoms with Crippen LogP contribution in [0.5, 0.6) is 0 Å². The molecule has 3 rings (SSSR count). The van der Waals surface area contributed by atoms with Gasteiger partial charge in [-0.05, 0) is 36.4 Å². The maximum atomic E-state index is 12.3. The van der Waals surface area contributed by atoms with Crippen molar-refractivity contribution in [1.82, 2.24) is 4.98 Å². The third kappa shape index (κ3) is 1.85. The summed E-state index contributed by atoms with van der Waals surface area (Å²) >= 11 is 1.65. The van der Waals surface area contributed by atoms with Gasteiger partial charge in [0, 0.05) is 11.1 Å². The molecular formula is C13H12N2OS. The lowest BCUT2D eigenvalue weighted by molar-refractivity contribution is -0.118. The Kier molecular flexibility index (Phi) is 2.44. The molecule has 0 radical (unpaired) electrons. The van der Waals surface area contributed by atoms with Gasteiger partial charge in [-0.1, -0.05) is 12.1 Å². The average Bonchev–Trinajstić information content (AvgIpc) is 2.99. The van der Waals surface area contributed by atoms with Crippen LogP contribution in [-0.4, -0.2) is 10.9 Å². The van der Waals surface area contributed by atoms with E-state index in [-0.39, 0.29) is 11.3 Å². The smallest absolute Gasteiger partial charge is 0.237 e. The first kappa shape index (κ1) is 10.5. The quantitative estimate of drug-likeness (QED) is 0.902. The number of aromatic nitrogens is 1. The van der Waals surface area contributed by atoms with E-state index in [0.29, 0.717) is 5.82 Å². The number of pyridine rings is 1. The zero-order valence-corrected chi connectivity index (χ0v) is 10.0. The maximum absolute atomic E-state index is 12.3. The lowest BCUT2D eigenvalue weighted by atomic mass is 10.0. The number of rotatable bonds is 3. The largest absolute Gasteiger partial charge is 0.310 e. The summed E-state index contributed by atoms with van der Waals surface area (Å²) in [7, 11) is 0. The summed E-state index contributed by atoms with van der Waals surface area (Å²) in [5.41, 5.74) is -0.286. The Labute approximate surface area is 104 Å². The molecule has 0 atom stereocenters. The molecule has 1 saturated carbocycles. The molecule has 17 heavy (non-hydrogen) atoms. The first-order valence-corrected chi connectivity index (χ1v) is 6.46. The monoisotopic (exact) mass is 244 g/mol. The van der Waals surface area contributed by atoms with Crippen molar-refractivity contribution >= 4 is 23.1 Å². The lowest BCUT2D eigenvalue weighted by Gasteiger charge is -2.12. The number of carbonyl (C=O) groups excluding carboxylic acids is 1. The van der Waals surface area contributed by atoms with Crippen LogP contribution in [0.3, 0.4) is 0 Å². The van der Waals surface area contributed by atoms with Gasteiger partial charge in [0.25, 0.3) is 0 Å². The summed E-state index contributed by atoms with van der Waals surface area (Å²) in [6.45, 7) is 0. The molecular weight excluding hydrogens is 232 g/mol. The van der Waals surface area contributed by atoms with Gasteiger partial charge in [-0.15, -0.1) is 11.3 Å². The van der Waals surface area contributed by atoms with Crippen LogP contribution < -0.4 is 5.32 Å². The number of hydrogen-bond acceptors (Lipinski definition) is 3. The number of carbonyl (C=O) groups is 1. The number of hydrogen-bond donors (Lipinski definition) is 1. The van der Waals surface area contributed by atoms with E-state index in [4.69, 9.17) is 0 Å². The second-order valence-corrected chi connectivity index (χ2v) is 5.18. The maximum Gasteiger partial charge on any atom is 0.237 e. The van der Waals surface area contributed by atoms with Gasteiger partial charge in [-0.2, -0.15) is 0 Å². The Morgan fingerprint density at radius 2 is 2.18 bits per heavy atom. The molecule has 1 N–H and O–H groups in total. The number of anilines is 1. The Bertz CT molecular complexity index is 518. The van der Waals surface area contributed by atoms with E-state index in [2.05, 4.69) is 10.3 Å². The van der Waals surface area contributed by atoms with Crippen molar-refractivity contribution in [3.63, 3.8) is 0 Å². The SMILES string of the molecule is O=C(Nc1ccccn1)C1(c2cccs2)CC1. The number of nitrogens with one attached hydrogen (secondary N) is 1. The molecule has 1 aliphatic carbocycles. The normalized spacial score (nSPS) is 16.5. The van der Waals surface area contributed by atoms with Crippen LogP contribution in [0.4, 0.5) is 5.82 Å². The molecule has 2 aromatic rings. The Morgan fingerprint density at radius 1 is 1.29 bits per heavy atom. The summed E-state index contributed by atoms with van der Waals surface area (Å²) in [4.78, 5) is 17.5. The molecule has 0 aromatic carbocycles. The standard InChI is InChI=1S/C13H12N2OS/c16-12(15-11-5-1-2-8-14-11)13(6-7-13)10-4-3-9-17-10/h1-5,8-9H,6-7H2,(H,14,15,16). The molecule has 2 heterocycles. The topological polar surface area (TPSA) is 42.0 Å². The van der Waals surface area contributed by atoms with Crippen LogP contribution in [0.15, 0.2) is 41.9 Å². The van der Waals surface area contributed by atoms with Gasteiger partial charge in [0.15, 0.2) is 0 Å². The zero-order valence-electron chi connectivity index (χ0n) is 9.22. The molecule has 1 amide bonds. The van der Waals surface area contributed by atoms with Gasteiger partial charge in [-0.25, -0.2) is 4.98 Å². The van der Waals surface area contributed by atoms with Crippen molar-refractivity contribution in [2.24, 2.45) is 0 Å². The molecule has 0 unspecified atom stereocenters. The Hall–Kier alpha value is -1.68. The van der Waals surface area contributed by atoms with Crippen LogP contribution in [0, 0.1) is 0 Å². The molecule has 0 bridgehead atoms. The predicted molar refractivity (Wildman–Crippen MR) is 68.1 cm³/mol. The summed E-state index contributed by atoms with van der Waals surface area (Å²) < 4.78 is 0. The fourth-order valence-electron chi connectivity index (χ4n) is 1.93. The van der Waals surface area contributed by atoms with Crippen LogP contribution in [-0.2, 0) is 10.2 Å². The summed E-state index contributed by atoms with van der Waals surface area (Å²) in [6, 6.07) is 9.54. The second kappa shape index (κ2) is 3.96. The van der Waals surface area contributed by atoms with Gasteiger partial charge in [0.2, 0.25) is 5.91 Å². The fourth-order valence-corrected chi connectivity index (χ4v) is 2.92. The number of amides is 1. The van der Waals surface area contributed by atoms with Crippen LogP contribution in [0.1, 0.15) is 17.7 Å². The van der Waals surface area contributed by atoms with Gasteiger partial charge < -0.3 is 5.32 Å². The van der Waals surface area contributed by atoms with E-state index in [1.54, 1.807) is 17.5 Å². The summed E-state index contributed by atoms with van der Waals surface area (Å²) in [6.07, 6.45) is 3.55. The highest BCUT2D eigenvalue weighted by Gasteiger charge is 2.52. The van der Waals surface area contributed by atoms with E-state index in [1.807, 2.05) is 35.7 Å². The first-order valence-electron chi connectivity index (χ1n) is 5.58. The number of thiophene rings is 1. The zero-order chi connectivity index (χ0) is 11.7. The van der Waals surface area contributed by atoms with Crippen molar-refractivity contribution < 1.29 is 4.79 Å². The molecule has 1 aliphatic rings. The highest BCUT2D eigenvalue weighted by molar-refractivity contribution is 7.10. The van der Waals surface area contributed by atoms with Crippen molar-refractivity contribution in [3.8, 4) is 0 Å². The average molecular weight is 244 g/mol. The van der Waals surface area contributed by atoms with E-state index in [9.17, 15) is 4.79 Å². The highest BCUT2D eigenvalue weighted by Crippen LogP contribution is 2.50. The molecule has 0 saturated heterocycles. The Morgan fingerprint density at radius 3 is 2.76 bits per heavy atom. The fraction of sp³-hybridized carbons (Fsp3) is 0.231. The van der Waals surface area contributed by atoms with Gasteiger partial charge in [0.1, 0.15) is 5.82 Å². The first-order chi connectivity index (χ1) is 8.31. The molecule has 0 spiro atoms. The van der Waals surface area contributed by atoms with E-state index in [1.165, 1.54) is 0 Å². The lowest BCUT2D eigenvalue weighted by Crippen LogP contribution is -2.27. The minimum Gasteiger partial charge on any atom is -0.310 e. The molecule has 4 heteroatoms. The summed E-state index contributed by atoms with van der Waals surface area (Å²) in [5, 5.41) is 4.91. The Balaban J connectivity index is 1.80. The van der Waals surface area contributed by atoms with Crippen molar-refractivity contribution in [1.29, 1.82) is 0 Å². The van der Waals surface area contributed by atoms with Crippen LogP contribution in [0.2, 0.25) is 0 Å². The molecule has 2 aromatic heterocycles. The predicted octanol–water partition coefficient (Wildman–Crippen LogP) is 2.81. The molecule has 0 aliphatic heterocycles. The van der Waals surface area contributed by atoms with Crippen molar-refractivity contribution in [2.45, 2.75) is 18.3 Å². The van der Waals surface area contributed by atoms with Crippen molar-refractivity contribution in [2.75, 3.05) is 5.32 Å².